The fraction of sp³-hybridized carbons (Fsp3) is 0.800. The van der Waals surface area contributed by atoms with E-state index in [1.165, 1.54) is 51.4 Å². The summed E-state index contributed by atoms with van der Waals surface area (Å²) < 4.78 is 18.5. The van der Waals surface area contributed by atoms with Gasteiger partial charge in [0, 0.05) is 12.8 Å². The maximum absolute atomic E-state index is 6.49. The molecule has 2 aliphatic rings. The minimum atomic E-state index is -0.345. The highest BCUT2D eigenvalue weighted by molar-refractivity contribution is 5.04. The van der Waals surface area contributed by atoms with Crippen molar-refractivity contribution in [3.8, 4) is 0 Å². The number of rotatable bonds is 7. The lowest BCUT2D eigenvalue weighted by atomic mass is 9.91. The van der Waals surface area contributed by atoms with Gasteiger partial charge in [-0.15, -0.1) is 0 Å². The van der Waals surface area contributed by atoms with E-state index in [0.717, 1.165) is 31.4 Å². The molecule has 0 N–H and O–H groups in total. The van der Waals surface area contributed by atoms with Gasteiger partial charge in [0.15, 0.2) is 5.79 Å². The molecule has 3 rings (SSSR count). The minimum absolute atomic E-state index is 0.0713. The number of furan rings is 1. The Morgan fingerprint density at radius 2 is 1.87 bits per heavy atom. The van der Waals surface area contributed by atoms with E-state index in [1.807, 2.05) is 12.1 Å². The largest absolute Gasteiger partial charge is 0.467 e. The fourth-order valence-electron chi connectivity index (χ4n) is 4.08. The maximum Gasteiger partial charge on any atom is 0.169 e. The van der Waals surface area contributed by atoms with Crippen LogP contribution in [-0.2, 0) is 9.47 Å². The predicted octanol–water partition coefficient (Wildman–Crippen LogP) is 6.15. The van der Waals surface area contributed by atoms with Crippen LogP contribution in [0.1, 0.15) is 95.8 Å². The van der Waals surface area contributed by atoms with Crippen molar-refractivity contribution >= 4 is 0 Å². The average Bonchev–Trinajstić information content (AvgIpc) is 3.09. The first-order valence-electron chi connectivity index (χ1n) is 9.70. The van der Waals surface area contributed by atoms with Crippen molar-refractivity contribution in [2.75, 3.05) is 0 Å². The lowest BCUT2D eigenvalue weighted by molar-refractivity contribution is -0.319. The summed E-state index contributed by atoms with van der Waals surface area (Å²) in [5.74, 6) is 0.608. The second-order valence-corrected chi connectivity index (χ2v) is 7.26. The van der Waals surface area contributed by atoms with Crippen molar-refractivity contribution in [3.63, 3.8) is 0 Å². The fourth-order valence-corrected chi connectivity index (χ4v) is 4.08. The van der Waals surface area contributed by atoms with Crippen molar-refractivity contribution in [3.05, 3.63) is 24.2 Å². The number of ether oxygens (including phenoxy) is 2. The molecule has 0 bridgehead atoms. The van der Waals surface area contributed by atoms with Gasteiger partial charge in [-0.1, -0.05) is 39.0 Å². The molecular weight excluding hydrogens is 288 g/mol. The van der Waals surface area contributed by atoms with Crippen LogP contribution in [0.15, 0.2) is 22.8 Å². The molecule has 0 unspecified atom stereocenters. The third-order valence-electron chi connectivity index (χ3n) is 5.34. The second-order valence-electron chi connectivity index (χ2n) is 7.26. The molecule has 0 amide bonds. The molecular formula is C20H32O3. The molecule has 2 fully saturated rings. The molecule has 0 saturated carbocycles. The third kappa shape index (κ3) is 4.60. The van der Waals surface area contributed by atoms with Gasteiger partial charge in [0.1, 0.15) is 11.9 Å². The van der Waals surface area contributed by atoms with Crippen LogP contribution < -0.4 is 0 Å². The molecule has 1 aromatic heterocycles. The number of unbranched alkanes of at least 4 members (excludes halogenated alkanes) is 4. The molecule has 3 heterocycles. The summed E-state index contributed by atoms with van der Waals surface area (Å²) in [4.78, 5) is 0. The van der Waals surface area contributed by atoms with Crippen molar-refractivity contribution in [1.82, 2.24) is 0 Å². The Hall–Kier alpha value is -0.800. The second kappa shape index (κ2) is 8.34. The highest BCUT2D eigenvalue weighted by Gasteiger charge is 2.43. The highest BCUT2D eigenvalue weighted by atomic mass is 16.7. The summed E-state index contributed by atoms with van der Waals surface area (Å²) in [5.41, 5.74) is 0. The van der Waals surface area contributed by atoms with Gasteiger partial charge in [0.2, 0.25) is 0 Å². The van der Waals surface area contributed by atoms with E-state index < -0.39 is 0 Å². The van der Waals surface area contributed by atoms with E-state index in [0.29, 0.717) is 6.10 Å². The average molecular weight is 320 g/mol. The van der Waals surface area contributed by atoms with E-state index in [2.05, 4.69) is 6.92 Å². The predicted molar refractivity (Wildman–Crippen MR) is 91.2 cm³/mol. The highest BCUT2D eigenvalue weighted by Crippen LogP contribution is 2.44. The Morgan fingerprint density at radius 1 is 1.04 bits per heavy atom. The first-order chi connectivity index (χ1) is 11.3. The Bertz CT molecular complexity index is 438. The van der Waals surface area contributed by atoms with Gasteiger partial charge >= 0.3 is 0 Å². The van der Waals surface area contributed by atoms with Crippen molar-refractivity contribution in [2.24, 2.45) is 0 Å². The molecule has 3 atom stereocenters. The minimum Gasteiger partial charge on any atom is -0.467 e. The van der Waals surface area contributed by atoms with E-state index in [4.69, 9.17) is 13.9 Å². The van der Waals surface area contributed by atoms with Gasteiger partial charge < -0.3 is 13.9 Å². The summed E-state index contributed by atoms with van der Waals surface area (Å²) in [6, 6.07) is 3.97. The van der Waals surface area contributed by atoms with Crippen LogP contribution in [0.4, 0.5) is 0 Å². The van der Waals surface area contributed by atoms with Crippen LogP contribution in [0, 0.1) is 0 Å². The summed E-state index contributed by atoms with van der Waals surface area (Å²) in [5, 5.41) is 0. The van der Waals surface area contributed by atoms with Crippen molar-refractivity contribution in [1.29, 1.82) is 0 Å². The normalized spacial score (nSPS) is 31.5. The summed E-state index contributed by atoms with van der Waals surface area (Å²) in [6.45, 7) is 2.27. The van der Waals surface area contributed by atoms with E-state index in [9.17, 15) is 0 Å². The zero-order chi connectivity index (χ0) is 16.0. The molecule has 0 aromatic carbocycles. The SMILES string of the molecule is CCCCCCC[C@H]1CCC[C@@]2(CCC[C@H](c3ccco3)O2)O1. The van der Waals surface area contributed by atoms with E-state index >= 15 is 0 Å². The Balaban J connectivity index is 1.50. The van der Waals surface area contributed by atoms with Gasteiger partial charge in [-0.3, -0.25) is 0 Å². The van der Waals surface area contributed by atoms with Crippen LogP contribution in [0.5, 0.6) is 0 Å². The van der Waals surface area contributed by atoms with Gasteiger partial charge in [-0.25, -0.2) is 0 Å². The topological polar surface area (TPSA) is 31.6 Å². The first-order valence-corrected chi connectivity index (χ1v) is 9.70. The van der Waals surface area contributed by atoms with Crippen LogP contribution in [0.3, 0.4) is 0 Å². The van der Waals surface area contributed by atoms with Gasteiger partial charge in [-0.05, 0) is 44.2 Å². The molecule has 130 valence electrons. The quantitative estimate of drug-likeness (QED) is 0.565. The molecule has 3 heteroatoms. The zero-order valence-electron chi connectivity index (χ0n) is 14.6. The van der Waals surface area contributed by atoms with E-state index in [-0.39, 0.29) is 11.9 Å². The Morgan fingerprint density at radius 3 is 2.65 bits per heavy atom. The van der Waals surface area contributed by atoms with Gasteiger partial charge in [-0.2, -0.15) is 0 Å². The maximum atomic E-state index is 6.49. The third-order valence-corrected chi connectivity index (χ3v) is 5.34. The zero-order valence-corrected chi connectivity index (χ0v) is 14.6. The molecule has 1 spiro atoms. The molecule has 3 nitrogen and oxygen atoms in total. The lowest BCUT2D eigenvalue weighted by Crippen LogP contribution is -2.46. The van der Waals surface area contributed by atoms with Crippen LogP contribution in [0.2, 0.25) is 0 Å². The number of hydrogen-bond donors (Lipinski definition) is 0. The van der Waals surface area contributed by atoms with E-state index in [1.54, 1.807) is 6.26 Å². The monoisotopic (exact) mass is 320 g/mol. The molecule has 23 heavy (non-hydrogen) atoms. The smallest absolute Gasteiger partial charge is 0.169 e. The first kappa shape index (κ1) is 17.0. The molecule has 0 aliphatic carbocycles. The van der Waals surface area contributed by atoms with Crippen LogP contribution in [-0.4, -0.2) is 11.9 Å². The molecule has 0 radical (unpaired) electrons. The molecule has 1 aromatic rings. The molecule has 2 aliphatic heterocycles. The summed E-state index contributed by atoms with van der Waals surface area (Å²) >= 11 is 0. The lowest BCUT2D eigenvalue weighted by Gasteiger charge is -2.45. The Kier molecular flexibility index (Phi) is 6.18. The van der Waals surface area contributed by atoms with Crippen LogP contribution >= 0.6 is 0 Å². The van der Waals surface area contributed by atoms with Gasteiger partial charge in [0.25, 0.3) is 0 Å². The molecule has 2 saturated heterocycles. The van der Waals surface area contributed by atoms with Crippen molar-refractivity contribution in [2.45, 2.75) is 102 Å². The number of hydrogen-bond acceptors (Lipinski definition) is 3. The summed E-state index contributed by atoms with van der Waals surface area (Å²) in [7, 11) is 0. The van der Waals surface area contributed by atoms with Crippen molar-refractivity contribution < 1.29 is 13.9 Å². The van der Waals surface area contributed by atoms with Crippen LogP contribution in [0.25, 0.3) is 0 Å². The van der Waals surface area contributed by atoms with Gasteiger partial charge in [0.05, 0.1) is 12.4 Å². The summed E-state index contributed by atoms with van der Waals surface area (Å²) in [6.07, 6.45) is 16.8. The Labute approximate surface area is 140 Å². The standard InChI is InChI=1S/C20H32O3/c1-2-3-4-5-6-10-17-11-7-14-20(22-17)15-8-12-19(23-20)18-13-9-16-21-18/h9,13,16-17,19H,2-8,10-12,14-15H2,1H3/t17-,19+,20+/m0/s1.